The summed E-state index contributed by atoms with van der Waals surface area (Å²) in [5, 5.41) is 6.67. The predicted octanol–water partition coefficient (Wildman–Crippen LogP) is 5.97. The lowest BCUT2D eigenvalue weighted by molar-refractivity contribution is -0.122. The smallest absolute Gasteiger partial charge is 0.265 e. The number of rotatable bonds is 7. The highest BCUT2D eigenvalue weighted by molar-refractivity contribution is 6.31. The topological polar surface area (TPSA) is 76.7 Å². The molecule has 0 aliphatic heterocycles. The zero-order chi connectivity index (χ0) is 23.3. The first-order valence-corrected chi connectivity index (χ1v) is 10.5. The van der Waals surface area contributed by atoms with Gasteiger partial charge in [-0.3, -0.25) is 9.59 Å². The van der Waals surface area contributed by atoms with E-state index in [1.54, 1.807) is 67.6 Å². The van der Waals surface area contributed by atoms with Crippen molar-refractivity contribution >= 4 is 46.4 Å². The predicted molar refractivity (Wildman–Crippen MR) is 127 cm³/mol. The lowest BCUT2D eigenvalue weighted by atomic mass is 10.1. The van der Waals surface area contributed by atoms with E-state index in [-0.39, 0.29) is 11.8 Å². The largest absolute Gasteiger partial charge is 0.495 e. The normalized spacial score (nSPS) is 11.4. The Bertz CT molecular complexity index is 1130. The van der Waals surface area contributed by atoms with Gasteiger partial charge in [0.05, 0.1) is 12.8 Å². The molecule has 1 atom stereocenters. The number of methoxy groups -OCH3 is 1. The molecule has 0 aromatic heterocycles. The molecule has 2 N–H and O–H groups in total. The standard InChI is InChI=1S/C24H22Cl2N2O4/c1-14-12-17(25)6-10-20(14)27-24(30)16-4-8-19(9-5-16)32-15(2)23(29)28-21-13-18(26)7-11-22(21)31-3/h4-13,15H,1-3H3,(H,27,30)(H,28,29). The minimum atomic E-state index is -0.796. The molecule has 0 saturated carbocycles. The number of carbonyl (C=O) groups is 2. The van der Waals surface area contributed by atoms with E-state index in [1.807, 2.05) is 6.92 Å². The first-order valence-electron chi connectivity index (χ1n) is 9.75. The number of nitrogens with one attached hydrogen (secondary N) is 2. The minimum absolute atomic E-state index is 0.263. The molecule has 1 unspecified atom stereocenters. The maximum atomic E-state index is 12.5. The molecule has 3 rings (SSSR count). The van der Waals surface area contributed by atoms with Crippen LogP contribution < -0.4 is 20.1 Å². The fraction of sp³-hybridized carbons (Fsp3) is 0.167. The Labute approximate surface area is 196 Å². The highest BCUT2D eigenvalue weighted by Crippen LogP contribution is 2.28. The van der Waals surface area contributed by atoms with Gasteiger partial charge in [-0.25, -0.2) is 0 Å². The molecule has 0 fully saturated rings. The van der Waals surface area contributed by atoms with Crippen molar-refractivity contribution in [2.75, 3.05) is 17.7 Å². The van der Waals surface area contributed by atoms with Crippen molar-refractivity contribution in [3.63, 3.8) is 0 Å². The van der Waals surface area contributed by atoms with Gasteiger partial charge in [0.2, 0.25) is 0 Å². The van der Waals surface area contributed by atoms with Crippen LogP contribution in [0.15, 0.2) is 60.7 Å². The first kappa shape index (κ1) is 23.4. The van der Waals surface area contributed by atoms with Gasteiger partial charge in [0.15, 0.2) is 6.10 Å². The Morgan fingerprint density at radius 3 is 2.19 bits per heavy atom. The van der Waals surface area contributed by atoms with Gasteiger partial charge in [0, 0.05) is 21.3 Å². The van der Waals surface area contributed by atoms with E-state index < -0.39 is 6.10 Å². The Hall–Kier alpha value is -3.22. The highest BCUT2D eigenvalue weighted by atomic mass is 35.5. The summed E-state index contributed by atoms with van der Waals surface area (Å²) in [5.41, 5.74) is 2.45. The molecule has 3 aromatic rings. The fourth-order valence-corrected chi connectivity index (χ4v) is 3.32. The minimum Gasteiger partial charge on any atom is -0.495 e. The van der Waals surface area contributed by atoms with Gasteiger partial charge in [-0.2, -0.15) is 0 Å². The summed E-state index contributed by atoms with van der Waals surface area (Å²) in [6, 6.07) is 16.7. The summed E-state index contributed by atoms with van der Waals surface area (Å²) in [4.78, 5) is 25.0. The summed E-state index contributed by atoms with van der Waals surface area (Å²) in [7, 11) is 1.50. The van der Waals surface area contributed by atoms with Crippen LogP contribution in [0.2, 0.25) is 10.0 Å². The van der Waals surface area contributed by atoms with Crippen LogP contribution in [0, 0.1) is 6.92 Å². The molecule has 32 heavy (non-hydrogen) atoms. The lowest BCUT2D eigenvalue weighted by Crippen LogP contribution is -2.30. The van der Waals surface area contributed by atoms with Gasteiger partial charge in [-0.05, 0) is 80.1 Å². The summed E-state index contributed by atoms with van der Waals surface area (Å²) >= 11 is 11.9. The van der Waals surface area contributed by atoms with Crippen molar-refractivity contribution in [1.29, 1.82) is 0 Å². The average molecular weight is 473 g/mol. The Balaban J connectivity index is 1.61. The lowest BCUT2D eigenvalue weighted by Gasteiger charge is -2.16. The number of carbonyl (C=O) groups excluding carboxylic acids is 2. The Morgan fingerprint density at radius 2 is 1.53 bits per heavy atom. The van der Waals surface area contributed by atoms with Crippen LogP contribution >= 0.6 is 23.2 Å². The number of anilines is 2. The molecule has 6 nitrogen and oxygen atoms in total. The van der Waals surface area contributed by atoms with Crippen LogP contribution in [0.1, 0.15) is 22.8 Å². The van der Waals surface area contributed by atoms with Crippen molar-refractivity contribution in [1.82, 2.24) is 0 Å². The number of aryl methyl sites for hydroxylation is 1. The second-order valence-corrected chi connectivity index (χ2v) is 7.90. The van der Waals surface area contributed by atoms with Gasteiger partial charge in [0.25, 0.3) is 11.8 Å². The summed E-state index contributed by atoms with van der Waals surface area (Å²) in [5.74, 6) is 0.303. The molecule has 3 aromatic carbocycles. The molecule has 0 heterocycles. The maximum absolute atomic E-state index is 12.5. The molecule has 2 amide bonds. The van der Waals surface area contributed by atoms with Crippen LogP contribution in [0.3, 0.4) is 0 Å². The zero-order valence-electron chi connectivity index (χ0n) is 17.7. The highest BCUT2D eigenvalue weighted by Gasteiger charge is 2.17. The quantitative estimate of drug-likeness (QED) is 0.444. The van der Waals surface area contributed by atoms with E-state index in [2.05, 4.69) is 10.6 Å². The van der Waals surface area contributed by atoms with Crippen molar-refractivity contribution in [2.45, 2.75) is 20.0 Å². The SMILES string of the molecule is COc1ccc(Cl)cc1NC(=O)C(C)Oc1ccc(C(=O)Nc2ccc(Cl)cc2C)cc1. The van der Waals surface area contributed by atoms with Gasteiger partial charge >= 0.3 is 0 Å². The fourth-order valence-electron chi connectivity index (χ4n) is 2.92. The monoisotopic (exact) mass is 472 g/mol. The van der Waals surface area contributed by atoms with Crippen LogP contribution in [0.4, 0.5) is 11.4 Å². The Morgan fingerprint density at radius 1 is 0.875 bits per heavy atom. The number of hydrogen-bond donors (Lipinski definition) is 2. The van der Waals surface area contributed by atoms with Crippen LogP contribution in [0.5, 0.6) is 11.5 Å². The number of ether oxygens (including phenoxy) is 2. The number of benzene rings is 3. The van der Waals surface area contributed by atoms with Crippen molar-refractivity contribution in [3.8, 4) is 11.5 Å². The molecule has 0 spiro atoms. The van der Waals surface area contributed by atoms with Crippen LogP contribution in [-0.2, 0) is 4.79 Å². The number of amides is 2. The second-order valence-electron chi connectivity index (χ2n) is 7.03. The Kier molecular flexibility index (Phi) is 7.62. The number of hydrogen-bond acceptors (Lipinski definition) is 4. The van der Waals surface area contributed by atoms with E-state index in [1.165, 1.54) is 7.11 Å². The van der Waals surface area contributed by atoms with Gasteiger partial charge in [-0.1, -0.05) is 23.2 Å². The molecule has 0 aliphatic carbocycles. The molecular formula is C24H22Cl2N2O4. The van der Waals surface area contributed by atoms with Crippen molar-refractivity contribution < 1.29 is 19.1 Å². The van der Waals surface area contributed by atoms with Gasteiger partial charge in [0.1, 0.15) is 11.5 Å². The van der Waals surface area contributed by atoms with Crippen molar-refractivity contribution in [2.24, 2.45) is 0 Å². The summed E-state index contributed by atoms with van der Waals surface area (Å²) in [6.07, 6.45) is -0.796. The molecule has 8 heteroatoms. The maximum Gasteiger partial charge on any atom is 0.265 e. The molecule has 0 bridgehead atoms. The molecule has 0 radical (unpaired) electrons. The summed E-state index contributed by atoms with van der Waals surface area (Å²) in [6.45, 7) is 3.49. The zero-order valence-corrected chi connectivity index (χ0v) is 19.3. The van der Waals surface area contributed by atoms with Gasteiger partial charge in [-0.15, -0.1) is 0 Å². The molecule has 0 aliphatic rings. The van der Waals surface area contributed by atoms with E-state index >= 15 is 0 Å². The van der Waals surface area contributed by atoms with E-state index in [9.17, 15) is 9.59 Å². The molecule has 0 saturated heterocycles. The third kappa shape index (κ3) is 5.93. The van der Waals surface area contributed by atoms with E-state index in [0.29, 0.717) is 38.5 Å². The third-order valence-electron chi connectivity index (χ3n) is 4.65. The average Bonchev–Trinajstić information content (AvgIpc) is 2.76. The molecule has 166 valence electrons. The van der Waals surface area contributed by atoms with Crippen LogP contribution in [-0.4, -0.2) is 25.0 Å². The van der Waals surface area contributed by atoms with E-state index in [4.69, 9.17) is 32.7 Å². The summed E-state index contributed by atoms with van der Waals surface area (Å²) < 4.78 is 10.9. The van der Waals surface area contributed by atoms with Crippen molar-refractivity contribution in [3.05, 3.63) is 81.8 Å². The second kappa shape index (κ2) is 10.4. The van der Waals surface area contributed by atoms with Crippen LogP contribution in [0.25, 0.3) is 0 Å². The van der Waals surface area contributed by atoms with E-state index in [0.717, 1.165) is 5.56 Å². The third-order valence-corrected chi connectivity index (χ3v) is 5.12. The number of halogens is 2. The molecular weight excluding hydrogens is 451 g/mol. The van der Waals surface area contributed by atoms with Gasteiger partial charge < -0.3 is 20.1 Å². The first-order chi connectivity index (χ1) is 15.3.